The second-order valence-electron chi connectivity index (χ2n) is 7.39. The first-order valence-electron chi connectivity index (χ1n) is 9.84. The van der Waals surface area contributed by atoms with Crippen LogP contribution in [0.5, 0.6) is 0 Å². The summed E-state index contributed by atoms with van der Waals surface area (Å²) < 4.78 is 5.99. The molecular formula is C21H33IN4O. The summed E-state index contributed by atoms with van der Waals surface area (Å²) in [5.41, 5.74) is 2.12. The maximum atomic E-state index is 5.99. The number of likely N-dealkylation sites (tertiary alicyclic amines) is 1. The highest BCUT2D eigenvalue weighted by Crippen LogP contribution is 2.25. The number of benzene rings is 1. The van der Waals surface area contributed by atoms with Gasteiger partial charge < -0.3 is 20.0 Å². The number of aryl methyl sites for hydroxylation is 1. The lowest BCUT2D eigenvalue weighted by Crippen LogP contribution is -2.49. The van der Waals surface area contributed by atoms with Gasteiger partial charge in [0.1, 0.15) is 17.9 Å². The van der Waals surface area contributed by atoms with Crippen LogP contribution in [-0.2, 0) is 6.54 Å². The van der Waals surface area contributed by atoms with Crippen molar-refractivity contribution in [2.24, 2.45) is 4.99 Å². The highest BCUT2D eigenvalue weighted by Gasteiger charge is 2.21. The molecule has 1 aromatic carbocycles. The number of furan rings is 1. The lowest BCUT2D eigenvalue weighted by Gasteiger charge is -2.35. The fourth-order valence-corrected chi connectivity index (χ4v) is 3.60. The molecule has 0 radical (unpaired) electrons. The average Bonchev–Trinajstić information content (AvgIpc) is 2.96. The van der Waals surface area contributed by atoms with Gasteiger partial charge in [-0.3, -0.25) is 0 Å². The summed E-state index contributed by atoms with van der Waals surface area (Å²) in [6, 6.07) is 9.29. The first-order valence-corrected chi connectivity index (χ1v) is 9.84. The monoisotopic (exact) mass is 484 g/mol. The summed E-state index contributed by atoms with van der Waals surface area (Å²) in [7, 11) is 0. The van der Waals surface area contributed by atoms with E-state index >= 15 is 0 Å². The lowest BCUT2D eigenvalue weighted by molar-refractivity contribution is 0.167. The number of fused-ring (bicyclic) bond motifs is 1. The molecule has 0 amide bonds. The van der Waals surface area contributed by atoms with Crippen LogP contribution in [-0.4, -0.2) is 42.6 Å². The van der Waals surface area contributed by atoms with E-state index in [0.29, 0.717) is 18.6 Å². The van der Waals surface area contributed by atoms with Gasteiger partial charge in [-0.2, -0.15) is 0 Å². The Morgan fingerprint density at radius 1 is 1.26 bits per heavy atom. The molecule has 1 aliphatic rings. The summed E-state index contributed by atoms with van der Waals surface area (Å²) in [4.78, 5) is 7.32. The Hall–Kier alpha value is -1.28. The second kappa shape index (κ2) is 10.3. The van der Waals surface area contributed by atoms with Crippen LogP contribution < -0.4 is 10.6 Å². The number of halogens is 1. The maximum absolute atomic E-state index is 5.99. The summed E-state index contributed by atoms with van der Waals surface area (Å²) >= 11 is 0. The third kappa shape index (κ3) is 5.60. The molecule has 1 fully saturated rings. The molecule has 0 spiro atoms. The van der Waals surface area contributed by atoms with Gasteiger partial charge in [-0.1, -0.05) is 18.2 Å². The molecular weight excluding hydrogens is 451 g/mol. The SMILES string of the molecule is CCNC(=NCc1oc2ccccc2c1C)NC1CCN(C(C)C)CC1.I. The van der Waals surface area contributed by atoms with E-state index in [9.17, 15) is 0 Å². The van der Waals surface area contributed by atoms with Gasteiger partial charge in [0.05, 0.1) is 0 Å². The molecule has 2 aromatic rings. The van der Waals surface area contributed by atoms with E-state index in [-0.39, 0.29) is 24.0 Å². The highest BCUT2D eigenvalue weighted by molar-refractivity contribution is 14.0. The number of rotatable bonds is 5. The van der Waals surface area contributed by atoms with Crippen molar-refractivity contribution >= 4 is 40.9 Å². The minimum atomic E-state index is 0. The van der Waals surface area contributed by atoms with E-state index in [1.165, 1.54) is 10.9 Å². The molecule has 2 N–H and O–H groups in total. The Morgan fingerprint density at radius 3 is 2.59 bits per heavy atom. The molecule has 1 aromatic heterocycles. The molecule has 0 atom stereocenters. The number of nitrogens with one attached hydrogen (secondary N) is 2. The topological polar surface area (TPSA) is 52.8 Å². The largest absolute Gasteiger partial charge is 0.459 e. The Bertz CT molecular complexity index is 748. The quantitative estimate of drug-likeness (QED) is 0.378. The molecule has 0 bridgehead atoms. The fraction of sp³-hybridized carbons (Fsp3) is 0.571. The van der Waals surface area contributed by atoms with Crippen LogP contribution in [0, 0.1) is 6.92 Å². The van der Waals surface area contributed by atoms with Crippen LogP contribution in [0.4, 0.5) is 0 Å². The molecule has 0 saturated carbocycles. The number of hydrogen-bond acceptors (Lipinski definition) is 3. The van der Waals surface area contributed by atoms with E-state index < -0.39 is 0 Å². The van der Waals surface area contributed by atoms with Crippen molar-refractivity contribution in [3.8, 4) is 0 Å². The number of nitrogens with zero attached hydrogens (tertiary/aromatic N) is 2. The van der Waals surface area contributed by atoms with Crippen molar-refractivity contribution in [3.05, 3.63) is 35.6 Å². The van der Waals surface area contributed by atoms with E-state index in [1.54, 1.807) is 0 Å². The highest BCUT2D eigenvalue weighted by atomic mass is 127. The first-order chi connectivity index (χ1) is 12.6. The van der Waals surface area contributed by atoms with E-state index in [1.807, 2.05) is 18.2 Å². The predicted octanol–water partition coefficient (Wildman–Crippen LogP) is 4.29. The summed E-state index contributed by atoms with van der Waals surface area (Å²) in [6.07, 6.45) is 2.32. The second-order valence-corrected chi connectivity index (χ2v) is 7.39. The normalized spacial score (nSPS) is 16.6. The van der Waals surface area contributed by atoms with Crippen LogP contribution >= 0.6 is 24.0 Å². The van der Waals surface area contributed by atoms with Crippen LogP contribution in [0.1, 0.15) is 44.9 Å². The third-order valence-electron chi connectivity index (χ3n) is 5.27. The maximum Gasteiger partial charge on any atom is 0.191 e. The Kier molecular flexibility index (Phi) is 8.41. The van der Waals surface area contributed by atoms with Crippen molar-refractivity contribution in [2.45, 2.75) is 59.2 Å². The zero-order valence-corrected chi connectivity index (χ0v) is 19.2. The molecule has 0 unspecified atom stereocenters. The summed E-state index contributed by atoms with van der Waals surface area (Å²) in [5.74, 6) is 1.83. The molecule has 6 heteroatoms. The smallest absolute Gasteiger partial charge is 0.191 e. The predicted molar refractivity (Wildman–Crippen MR) is 124 cm³/mol. The molecule has 27 heavy (non-hydrogen) atoms. The molecule has 1 saturated heterocycles. The number of para-hydroxylation sites is 1. The Labute approximate surface area is 180 Å². The molecule has 0 aliphatic carbocycles. The fourth-order valence-electron chi connectivity index (χ4n) is 3.60. The van der Waals surface area contributed by atoms with Crippen molar-refractivity contribution in [1.82, 2.24) is 15.5 Å². The van der Waals surface area contributed by atoms with Crippen molar-refractivity contribution < 1.29 is 4.42 Å². The number of aliphatic imine (C=N–C) groups is 1. The molecule has 1 aliphatic heterocycles. The van der Waals surface area contributed by atoms with Crippen molar-refractivity contribution in [1.29, 1.82) is 0 Å². The van der Waals surface area contributed by atoms with Gasteiger partial charge in [0.2, 0.25) is 0 Å². The number of guanidine groups is 1. The van der Waals surface area contributed by atoms with Gasteiger partial charge in [0.15, 0.2) is 5.96 Å². The molecule has 3 rings (SSSR count). The molecule has 150 valence electrons. The van der Waals surface area contributed by atoms with Gasteiger partial charge >= 0.3 is 0 Å². The first kappa shape index (κ1) is 22.0. The van der Waals surface area contributed by atoms with Crippen LogP contribution in [0.2, 0.25) is 0 Å². The minimum Gasteiger partial charge on any atom is -0.459 e. The van der Waals surface area contributed by atoms with Gasteiger partial charge in [-0.15, -0.1) is 24.0 Å². The Morgan fingerprint density at radius 2 is 1.96 bits per heavy atom. The minimum absolute atomic E-state index is 0. The lowest BCUT2D eigenvalue weighted by atomic mass is 10.0. The van der Waals surface area contributed by atoms with E-state index in [4.69, 9.17) is 9.41 Å². The zero-order chi connectivity index (χ0) is 18.5. The van der Waals surface area contributed by atoms with Gasteiger partial charge in [0.25, 0.3) is 0 Å². The van der Waals surface area contributed by atoms with Crippen LogP contribution in [0.3, 0.4) is 0 Å². The van der Waals surface area contributed by atoms with E-state index in [0.717, 1.165) is 49.8 Å². The van der Waals surface area contributed by atoms with Crippen LogP contribution in [0.15, 0.2) is 33.7 Å². The van der Waals surface area contributed by atoms with Gasteiger partial charge in [-0.25, -0.2) is 4.99 Å². The summed E-state index contributed by atoms with van der Waals surface area (Å²) in [5, 5.41) is 8.16. The third-order valence-corrected chi connectivity index (χ3v) is 5.27. The number of piperidine rings is 1. The Balaban J connectivity index is 0.00000261. The molecule has 2 heterocycles. The average molecular weight is 484 g/mol. The number of hydrogen-bond donors (Lipinski definition) is 2. The molecule has 5 nitrogen and oxygen atoms in total. The van der Waals surface area contributed by atoms with Crippen molar-refractivity contribution in [2.75, 3.05) is 19.6 Å². The zero-order valence-electron chi connectivity index (χ0n) is 16.9. The summed E-state index contributed by atoms with van der Waals surface area (Å²) in [6.45, 7) is 12.5. The standard InChI is InChI=1S/C21H32N4O.HI/c1-5-22-21(24-17-10-12-25(13-11-17)15(2)3)23-14-20-16(4)18-8-6-7-9-19(18)26-20;/h6-9,15,17H,5,10-14H2,1-4H3,(H2,22,23,24);1H. The van der Waals surface area contributed by atoms with Gasteiger partial charge in [0, 0.05) is 42.7 Å². The van der Waals surface area contributed by atoms with Crippen LogP contribution in [0.25, 0.3) is 11.0 Å². The van der Waals surface area contributed by atoms with E-state index in [2.05, 4.69) is 49.3 Å². The van der Waals surface area contributed by atoms with Gasteiger partial charge in [-0.05, 0) is 46.6 Å². The van der Waals surface area contributed by atoms with Crippen molar-refractivity contribution in [3.63, 3.8) is 0 Å².